The van der Waals surface area contributed by atoms with Crippen molar-refractivity contribution in [3.05, 3.63) is 15.8 Å². The Kier molecular flexibility index (Phi) is 3.41. The van der Waals surface area contributed by atoms with Gasteiger partial charge in [0.2, 0.25) is 5.82 Å². The Balaban J connectivity index is 2.20. The molecule has 0 spiro atoms. The Hall–Kier alpha value is -2.12. The van der Waals surface area contributed by atoms with E-state index in [1.54, 1.807) is 7.05 Å². The minimum absolute atomic E-state index is 0.0405. The van der Waals surface area contributed by atoms with E-state index in [2.05, 4.69) is 5.10 Å². The van der Waals surface area contributed by atoms with Crippen molar-refractivity contribution in [1.29, 1.82) is 0 Å². The van der Waals surface area contributed by atoms with E-state index >= 15 is 0 Å². The van der Waals surface area contributed by atoms with Crippen LogP contribution in [0.3, 0.4) is 0 Å². The summed E-state index contributed by atoms with van der Waals surface area (Å²) in [7, 11) is 1.67. The molecule has 0 aliphatic carbocycles. The second kappa shape index (κ2) is 4.87. The highest BCUT2D eigenvalue weighted by Gasteiger charge is 2.37. The minimum atomic E-state index is -0.835. The van der Waals surface area contributed by atoms with Crippen molar-refractivity contribution >= 4 is 17.5 Å². The maximum atomic E-state index is 11.2. The van der Waals surface area contributed by atoms with Crippen LogP contribution in [-0.4, -0.2) is 38.9 Å². The van der Waals surface area contributed by atoms with Gasteiger partial charge in [-0.3, -0.25) is 14.9 Å². The van der Waals surface area contributed by atoms with Crippen molar-refractivity contribution in [3.8, 4) is 0 Å². The molecule has 0 bridgehead atoms. The third kappa shape index (κ3) is 2.38. The average Bonchev–Trinajstić information content (AvgIpc) is 2.59. The summed E-state index contributed by atoms with van der Waals surface area (Å²) in [6.07, 6.45) is 0.597. The van der Waals surface area contributed by atoms with E-state index < -0.39 is 10.9 Å². The van der Waals surface area contributed by atoms with Crippen LogP contribution in [-0.2, 0) is 18.3 Å². The van der Waals surface area contributed by atoms with Crippen LogP contribution in [0.15, 0.2) is 0 Å². The maximum absolute atomic E-state index is 11.2. The van der Waals surface area contributed by atoms with E-state index in [9.17, 15) is 14.9 Å². The summed E-state index contributed by atoms with van der Waals surface area (Å²) >= 11 is 0. The van der Waals surface area contributed by atoms with Crippen LogP contribution in [0, 0.1) is 16.0 Å². The normalized spacial score (nSPS) is 15.4. The summed E-state index contributed by atoms with van der Waals surface area (Å²) in [5.74, 6) is -0.307. The summed E-state index contributed by atoms with van der Waals surface area (Å²) < 4.78 is 1.51. The molecule has 104 valence electrons. The number of anilines is 1. The van der Waals surface area contributed by atoms with Gasteiger partial charge in [-0.25, -0.2) is 4.68 Å². The van der Waals surface area contributed by atoms with Gasteiger partial charge in [0.15, 0.2) is 0 Å². The lowest BCUT2D eigenvalue weighted by Crippen LogP contribution is -2.48. The SMILES string of the molecule is CCc1nn(C)c(N2CC(CC(=O)O)C2)c1[N+](=O)[O-]. The zero-order chi connectivity index (χ0) is 14.2. The Morgan fingerprint density at radius 1 is 1.58 bits per heavy atom. The van der Waals surface area contributed by atoms with Gasteiger partial charge < -0.3 is 10.0 Å². The first kappa shape index (κ1) is 13.3. The van der Waals surface area contributed by atoms with Crippen LogP contribution in [0.1, 0.15) is 19.0 Å². The molecule has 0 radical (unpaired) electrons. The van der Waals surface area contributed by atoms with Crippen LogP contribution in [0.25, 0.3) is 0 Å². The monoisotopic (exact) mass is 268 g/mol. The number of rotatable bonds is 5. The standard InChI is InChI=1S/C11H16N4O4/c1-3-8-10(15(18)19)11(13(2)12-8)14-5-7(6-14)4-9(16)17/h7H,3-6H2,1-2H3,(H,16,17). The lowest BCUT2D eigenvalue weighted by atomic mass is 9.96. The molecule has 2 rings (SSSR count). The highest BCUT2D eigenvalue weighted by atomic mass is 16.6. The zero-order valence-corrected chi connectivity index (χ0v) is 10.9. The first-order chi connectivity index (χ1) is 8.93. The quantitative estimate of drug-likeness (QED) is 0.626. The van der Waals surface area contributed by atoms with Crippen LogP contribution in [0.4, 0.5) is 11.5 Å². The predicted octanol–water partition coefficient (Wildman–Crippen LogP) is 0.802. The Morgan fingerprint density at radius 2 is 2.21 bits per heavy atom. The van der Waals surface area contributed by atoms with Gasteiger partial charge in [0.25, 0.3) is 0 Å². The first-order valence-corrected chi connectivity index (χ1v) is 6.11. The number of aryl methyl sites for hydroxylation is 2. The Morgan fingerprint density at radius 3 is 2.68 bits per heavy atom. The summed E-state index contributed by atoms with van der Waals surface area (Å²) in [6.45, 7) is 2.87. The highest BCUT2D eigenvalue weighted by molar-refractivity contribution is 5.68. The molecule has 19 heavy (non-hydrogen) atoms. The van der Waals surface area contributed by atoms with Gasteiger partial charge in [-0.05, 0) is 6.42 Å². The number of hydrogen-bond donors (Lipinski definition) is 1. The van der Waals surface area contributed by atoms with Crippen molar-refractivity contribution in [2.75, 3.05) is 18.0 Å². The minimum Gasteiger partial charge on any atom is -0.481 e. The van der Waals surface area contributed by atoms with Gasteiger partial charge in [0.1, 0.15) is 5.69 Å². The Labute approximate surface area is 109 Å². The molecule has 0 unspecified atom stereocenters. The smallest absolute Gasteiger partial charge is 0.334 e. The molecule has 1 N–H and O–H groups in total. The Bertz CT molecular complexity index is 519. The van der Waals surface area contributed by atoms with Gasteiger partial charge in [0.05, 0.1) is 11.3 Å². The van der Waals surface area contributed by atoms with Crippen LogP contribution in [0.5, 0.6) is 0 Å². The van der Waals surface area contributed by atoms with Gasteiger partial charge in [-0.15, -0.1) is 0 Å². The largest absolute Gasteiger partial charge is 0.481 e. The molecular formula is C11H16N4O4. The molecule has 0 saturated carbocycles. The summed E-state index contributed by atoms with van der Waals surface area (Å²) in [5, 5.41) is 24.0. The lowest BCUT2D eigenvalue weighted by molar-refractivity contribution is -0.384. The van der Waals surface area contributed by atoms with Crippen molar-refractivity contribution in [2.45, 2.75) is 19.8 Å². The summed E-state index contributed by atoms with van der Waals surface area (Å²) in [4.78, 5) is 23.2. The van der Waals surface area contributed by atoms with E-state index in [0.717, 1.165) is 0 Å². The summed E-state index contributed by atoms with van der Waals surface area (Å²) in [6, 6.07) is 0. The molecule has 1 aromatic rings. The molecule has 1 saturated heterocycles. The topological polar surface area (TPSA) is 102 Å². The number of aliphatic carboxylic acids is 1. The number of nitrogens with zero attached hydrogens (tertiary/aromatic N) is 4. The van der Waals surface area contributed by atoms with E-state index in [0.29, 0.717) is 31.0 Å². The van der Waals surface area contributed by atoms with Crippen molar-refractivity contribution in [3.63, 3.8) is 0 Å². The third-order valence-corrected chi connectivity index (χ3v) is 3.30. The third-order valence-electron chi connectivity index (χ3n) is 3.30. The number of hydrogen-bond acceptors (Lipinski definition) is 5. The van der Waals surface area contributed by atoms with Gasteiger partial charge >= 0.3 is 11.7 Å². The second-order valence-electron chi connectivity index (χ2n) is 4.72. The number of nitro groups is 1. The molecule has 0 atom stereocenters. The number of carboxylic acid groups (broad SMARTS) is 1. The average molecular weight is 268 g/mol. The molecule has 1 aliphatic rings. The summed E-state index contributed by atoms with van der Waals surface area (Å²) in [5.41, 5.74) is 0.503. The second-order valence-corrected chi connectivity index (χ2v) is 4.72. The first-order valence-electron chi connectivity index (χ1n) is 6.11. The molecule has 1 fully saturated rings. The van der Waals surface area contributed by atoms with Gasteiger partial charge in [-0.2, -0.15) is 5.10 Å². The molecular weight excluding hydrogens is 252 g/mol. The molecule has 1 aromatic heterocycles. The highest BCUT2D eigenvalue weighted by Crippen LogP contribution is 2.36. The molecule has 2 heterocycles. The molecule has 8 nitrogen and oxygen atoms in total. The van der Waals surface area contributed by atoms with E-state index in [-0.39, 0.29) is 18.0 Å². The molecule has 8 heteroatoms. The van der Waals surface area contributed by atoms with Crippen LogP contribution < -0.4 is 4.90 Å². The van der Waals surface area contributed by atoms with E-state index in [1.165, 1.54) is 4.68 Å². The predicted molar refractivity (Wildman–Crippen MR) is 67.2 cm³/mol. The van der Waals surface area contributed by atoms with Gasteiger partial charge in [-0.1, -0.05) is 6.92 Å². The van der Waals surface area contributed by atoms with Crippen LogP contribution >= 0.6 is 0 Å². The van der Waals surface area contributed by atoms with Gasteiger partial charge in [0, 0.05) is 26.1 Å². The fourth-order valence-electron chi connectivity index (χ4n) is 2.46. The van der Waals surface area contributed by atoms with E-state index in [1.807, 2.05) is 11.8 Å². The van der Waals surface area contributed by atoms with Crippen molar-refractivity contribution in [2.24, 2.45) is 13.0 Å². The maximum Gasteiger partial charge on any atom is 0.334 e. The molecule has 0 aromatic carbocycles. The van der Waals surface area contributed by atoms with E-state index in [4.69, 9.17) is 5.11 Å². The number of aromatic nitrogens is 2. The number of carbonyl (C=O) groups is 1. The molecule has 1 aliphatic heterocycles. The fraction of sp³-hybridized carbons (Fsp3) is 0.636. The van der Waals surface area contributed by atoms with Crippen molar-refractivity contribution in [1.82, 2.24) is 9.78 Å². The van der Waals surface area contributed by atoms with Crippen LogP contribution in [0.2, 0.25) is 0 Å². The van der Waals surface area contributed by atoms with Crippen molar-refractivity contribution < 1.29 is 14.8 Å². The molecule has 0 amide bonds. The zero-order valence-electron chi connectivity index (χ0n) is 10.9. The number of carboxylic acids is 1. The fourth-order valence-corrected chi connectivity index (χ4v) is 2.46. The lowest BCUT2D eigenvalue weighted by Gasteiger charge is -2.39.